The Labute approximate surface area is 274 Å². The molecule has 0 aromatic heterocycles. The molecule has 0 saturated heterocycles. The van der Waals surface area contributed by atoms with Crippen LogP contribution in [0.4, 0.5) is 0 Å². The van der Waals surface area contributed by atoms with Gasteiger partial charge in [-0.15, -0.1) is 6.58 Å². The standard InChI is InChI=1S/C15H24N2O2S.C7H10O3.C4H6O3.C4H8.CH5N.CH2O/c1-13(19-12-11-16-2)7-9-17-10-8-14-3-5-15(20-18)6-4-14;1-6(2)7(9)10-5-3-4-8;5-2-1-3-7-4-6;1-4(2)3;2*1-2/h3-6,16-18H,1,7-12H2,2H3;4H,1,3,5H2,2H3;2,4H,1,3H2;1H2,2-3H3;2H2,1H3;1H2. The second kappa shape index (κ2) is 44.8. The summed E-state index contributed by atoms with van der Waals surface area (Å²) in [5.74, 6) is 0.388. The molecule has 0 bridgehead atoms. The van der Waals surface area contributed by atoms with E-state index in [9.17, 15) is 19.2 Å². The van der Waals surface area contributed by atoms with Gasteiger partial charge >= 0.3 is 5.97 Å². The maximum atomic E-state index is 10.6. The first-order chi connectivity index (χ1) is 21.6. The van der Waals surface area contributed by atoms with Crippen LogP contribution in [0.1, 0.15) is 45.6 Å². The molecule has 0 aliphatic heterocycles. The number of nitrogens with one attached hydrogen (secondary N) is 2. The largest absolute Gasteiger partial charge is 0.497 e. The molecule has 0 atom stereocenters. The summed E-state index contributed by atoms with van der Waals surface area (Å²) in [6.07, 6.45) is 3.75. The first-order valence-corrected chi connectivity index (χ1v) is 14.7. The number of ether oxygens (including phenoxy) is 3. The van der Waals surface area contributed by atoms with Crippen molar-refractivity contribution in [2.24, 2.45) is 5.73 Å². The Bertz CT molecular complexity index is 871. The van der Waals surface area contributed by atoms with Gasteiger partial charge in [0.15, 0.2) is 0 Å². The molecule has 0 heterocycles. The first-order valence-electron chi connectivity index (χ1n) is 13.9. The maximum absolute atomic E-state index is 10.6. The Morgan fingerprint density at radius 2 is 1.42 bits per heavy atom. The van der Waals surface area contributed by atoms with Crippen molar-refractivity contribution in [1.29, 1.82) is 0 Å². The second-order valence-electron chi connectivity index (χ2n) is 8.48. The van der Waals surface area contributed by atoms with Crippen LogP contribution in [0.3, 0.4) is 0 Å². The lowest BCUT2D eigenvalue weighted by molar-refractivity contribution is -0.139. The molecule has 0 amide bonds. The number of likely N-dealkylation sites (N-methyl/N-ethyl adjacent to an activating group) is 1. The van der Waals surface area contributed by atoms with Crippen LogP contribution < -0.4 is 16.4 Å². The first kappa shape index (κ1) is 51.0. The molecule has 0 unspecified atom stereocenters. The van der Waals surface area contributed by atoms with Crippen molar-refractivity contribution >= 4 is 43.8 Å². The number of rotatable bonds is 19. The SMILES string of the molecule is C=C(C)C.C=C(C)C(=O)OCCC=O.C=C(CCNCCc1ccc(SO)cc1)OCCNC.C=O.CN.O=CCCOC=O. The van der Waals surface area contributed by atoms with E-state index in [1.807, 2.05) is 51.9 Å². The van der Waals surface area contributed by atoms with Gasteiger partial charge in [0.2, 0.25) is 0 Å². The molecule has 45 heavy (non-hydrogen) atoms. The van der Waals surface area contributed by atoms with Gasteiger partial charge in [0.1, 0.15) is 26.0 Å². The molecule has 0 radical (unpaired) electrons. The zero-order chi connectivity index (χ0) is 35.7. The van der Waals surface area contributed by atoms with E-state index in [-0.39, 0.29) is 19.6 Å². The molecule has 0 aliphatic carbocycles. The van der Waals surface area contributed by atoms with Crippen molar-refractivity contribution in [3.05, 3.63) is 66.5 Å². The summed E-state index contributed by atoms with van der Waals surface area (Å²) in [5.41, 5.74) is 7.28. The summed E-state index contributed by atoms with van der Waals surface area (Å²) in [4.78, 5) is 48.0. The lowest BCUT2D eigenvalue weighted by Gasteiger charge is -2.09. The number of esters is 1. The molecule has 5 N–H and O–H groups in total. The normalized spacial score (nSPS) is 8.51. The van der Waals surface area contributed by atoms with Gasteiger partial charge in [-0.25, -0.2) is 4.79 Å². The van der Waals surface area contributed by atoms with E-state index in [1.165, 1.54) is 18.2 Å². The Hall–Kier alpha value is -3.62. The average Bonchev–Trinajstić information content (AvgIpc) is 3.04. The highest BCUT2D eigenvalue weighted by Crippen LogP contribution is 2.14. The van der Waals surface area contributed by atoms with E-state index < -0.39 is 5.97 Å². The molecule has 0 saturated carbocycles. The van der Waals surface area contributed by atoms with Crippen molar-refractivity contribution in [2.75, 3.05) is 53.6 Å². The minimum atomic E-state index is -0.443. The highest BCUT2D eigenvalue weighted by Gasteiger charge is 2.00. The van der Waals surface area contributed by atoms with E-state index in [0.717, 1.165) is 55.2 Å². The summed E-state index contributed by atoms with van der Waals surface area (Å²) in [7, 11) is 3.40. The number of hydrogen-bond acceptors (Lipinski definition) is 13. The van der Waals surface area contributed by atoms with E-state index in [4.69, 9.17) is 14.1 Å². The molecule has 0 fully saturated rings. The van der Waals surface area contributed by atoms with Gasteiger partial charge in [0.05, 0.1) is 19.0 Å². The topological polar surface area (TPSA) is 183 Å². The van der Waals surface area contributed by atoms with Crippen LogP contribution in [0.5, 0.6) is 0 Å². The number of benzene rings is 1. The fourth-order valence-corrected chi connectivity index (χ4v) is 2.42. The molecule has 12 nitrogen and oxygen atoms in total. The molecule has 0 spiro atoms. The van der Waals surface area contributed by atoms with Gasteiger partial charge in [-0.05, 0) is 65.5 Å². The van der Waals surface area contributed by atoms with Crippen LogP contribution >= 0.6 is 12.0 Å². The fraction of sp³-hybridized carbons (Fsp3) is 0.469. The number of allylic oxidation sites excluding steroid dienone is 1. The van der Waals surface area contributed by atoms with Crippen LogP contribution in [-0.4, -0.2) is 89.9 Å². The Morgan fingerprint density at radius 3 is 1.87 bits per heavy atom. The molecule has 1 rings (SSSR count). The fourth-order valence-electron chi connectivity index (χ4n) is 2.16. The third kappa shape index (κ3) is 50.3. The van der Waals surface area contributed by atoms with Gasteiger partial charge in [-0.3, -0.25) is 4.79 Å². The van der Waals surface area contributed by atoms with Crippen LogP contribution in [0, 0.1) is 0 Å². The zero-order valence-electron chi connectivity index (χ0n) is 27.6. The molecule has 258 valence electrons. The summed E-state index contributed by atoms with van der Waals surface area (Å²) >= 11 is 0.777. The number of carbonyl (C=O) groups is 5. The average molecular weight is 658 g/mol. The van der Waals surface area contributed by atoms with E-state index >= 15 is 0 Å². The van der Waals surface area contributed by atoms with E-state index in [1.54, 1.807) is 6.92 Å². The summed E-state index contributed by atoms with van der Waals surface area (Å²) in [6, 6.07) is 7.94. The molecule has 1 aromatic carbocycles. The quantitative estimate of drug-likeness (QED) is 0.0319. The lowest BCUT2D eigenvalue weighted by atomic mass is 10.1. The number of nitrogens with two attached hydrogens (primary N) is 1. The minimum Gasteiger partial charge on any atom is -0.497 e. The van der Waals surface area contributed by atoms with Crippen molar-refractivity contribution in [3.63, 3.8) is 0 Å². The van der Waals surface area contributed by atoms with Gasteiger partial charge in [0.25, 0.3) is 6.47 Å². The van der Waals surface area contributed by atoms with Crippen LogP contribution in [0.2, 0.25) is 0 Å². The van der Waals surface area contributed by atoms with E-state index in [2.05, 4.69) is 45.6 Å². The Balaban J connectivity index is -0.000000178. The van der Waals surface area contributed by atoms with Gasteiger partial charge in [-0.1, -0.05) is 30.9 Å². The smallest absolute Gasteiger partial charge is 0.333 e. The van der Waals surface area contributed by atoms with Crippen molar-refractivity contribution in [3.8, 4) is 0 Å². The molecule has 1 aromatic rings. The predicted octanol–water partition coefficient (Wildman–Crippen LogP) is 3.94. The Morgan fingerprint density at radius 1 is 0.889 bits per heavy atom. The second-order valence-corrected chi connectivity index (χ2v) is 9.13. The Kier molecular flexibility index (Phi) is 50.8. The molecule has 13 heteroatoms. The van der Waals surface area contributed by atoms with Crippen molar-refractivity contribution < 1.29 is 42.7 Å². The zero-order valence-corrected chi connectivity index (χ0v) is 28.5. The molecular weight excluding hydrogens is 602 g/mol. The monoisotopic (exact) mass is 657 g/mol. The van der Waals surface area contributed by atoms with Gasteiger partial charge < -0.3 is 49.5 Å². The number of carbonyl (C=O) groups excluding carboxylic acids is 5. The number of hydrogen-bond donors (Lipinski definition) is 4. The minimum absolute atomic E-state index is 0.148. The van der Waals surface area contributed by atoms with E-state index in [0.29, 0.717) is 37.6 Å². The maximum Gasteiger partial charge on any atom is 0.333 e. The van der Waals surface area contributed by atoms with Gasteiger partial charge in [-0.2, -0.15) is 0 Å². The van der Waals surface area contributed by atoms with Crippen molar-refractivity contribution in [1.82, 2.24) is 10.6 Å². The number of aldehydes is 2. The predicted molar refractivity (Wildman–Crippen MR) is 182 cm³/mol. The third-order valence-corrected chi connectivity index (χ3v) is 4.58. The highest BCUT2D eigenvalue weighted by atomic mass is 32.2. The van der Waals surface area contributed by atoms with Crippen molar-refractivity contribution in [2.45, 2.75) is 51.3 Å². The van der Waals surface area contributed by atoms with Crippen LogP contribution in [0.25, 0.3) is 0 Å². The molecule has 0 aliphatic rings. The third-order valence-electron chi connectivity index (χ3n) is 4.10. The highest BCUT2D eigenvalue weighted by molar-refractivity contribution is 7.93. The lowest BCUT2D eigenvalue weighted by Crippen LogP contribution is -2.20. The van der Waals surface area contributed by atoms with Crippen LogP contribution in [-0.2, 0) is 44.6 Å². The van der Waals surface area contributed by atoms with Crippen LogP contribution in [0.15, 0.2) is 65.8 Å². The van der Waals surface area contributed by atoms with Gasteiger partial charge in [0, 0.05) is 54.9 Å². The summed E-state index contributed by atoms with van der Waals surface area (Å²) in [5, 5.41) is 6.40. The summed E-state index contributed by atoms with van der Waals surface area (Å²) < 4.78 is 23.1. The molecular formula is C32H55N3O9S. The summed E-state index contributed by atoms with van der Waals surface area (Å²) in [6.45, 7) is 22.3.